The largest absolute Gasteiger partial charge is 0.480 e. The summed E-state index contributed by atoms with van der Waals surface area (Å²) in [6, 6.07) is 8.05. The Hall–Kier alpha value is -1.39. The van der Waals surface area contributed by atoms with Gasteiger partial charge in [0.15, 0.2) is 0 Å². The van der Waals surface area contributed by atoms with Gasteiger partial charge in [-0.1, -0.05) is 38.1 Å². The Balaban J connectivity index is 2.03. The molecule has 1 aliphatic rings. The summed E-state index contributed by atoms with van der Waals surface area (Å²) >= 11 is 0. The van der Waals surface area contributed by atoms with E-state index >= 15 is 0 Å². The zero-order chi connectivity index (χ0) is 16.1. The first-order valence-electron chi connectivity index (χ1n) is 8.08. The van der Waals surface area contributed by atoms with E-state index < -0.39 is 12.0 Å². The number of ether oxygens (including phenoxy) is 1. The highest BCUT2D eigenvalue weighted by atomic mass is 16.5. The molecule has 0 saturated carbocycles. The first-order chi connectivity index (χ1) is 10.5. The molecular formula is C18H27NO3. The molecule has 2 rings (SSSR count). The second-order valence-electron chi connectivity index (χ2n) is 6.54. The standard InChI is InChI=1S/C18H27NO3/c1-13(2)15-6-4-14(5-7-15)12-19(3)17(18(20)21)16-8-10-22-11-9-16/h4-7,13,16-17H,8-12H2,1-3H3,(H,20,21). The van der Waals surface area contributed by atoms with Gasteiger partial charge in [-0.25, -0.2) is 0 Å². The first-order valence-corrected chi connectivity index (χ1v) is 8.08. The number of rotatable bonds is 6. The second kappa shape index (κ2) is 7.75. The molecule has 1 heterocycles. The first kappa shape index (κ1) is 17.0. The van der Waals surface area contributed by atoms with Crippen LogP contribution in [-0.2, 0) is 16.1 Å². The zero-order valence-electron chi connectivity index (χ0n) is 13.8. The predicted molar refractivity (Wildman–Crippen MR) is 87.0 cm³/mol. The Morgan fingerprint density at radius 2 is 1.86 bits per heavy atom. The summed E-state index contributed by atoms with van der Waals surface area (Å²) in [5, 5.41) is 9.61. The lowest BCUT2D eigenvalue weighted by molar-refractivity contribution is -0.146. The van der Waals surface area contributed by atoms with Gasteiger partial charge < -0.3 is 9.84 Å². The van der Waals surface area contributed by atoms with Crippen LogP contribution >= 0.6 is 0 Å². The van der Waals surface area contributed by atoms with Crippen LogP contribution in [0.1, 0.15) is 43.7 Å². The van der Waals surface area contributed by atoms with Crippen molar-refractivity contribution in [3.63, 3.8) is 0 Å². The van der Waals surface area contributed by atoms with Gasteiger partial charge in [0, 0.05) is 19.8 Å². The van der Waals surface area contributed by atoms with Crippen LogP contribution < -0.4 is 0 Å². The number of nitrogens with zero attached hydrogens (tertiary/aromatic N) is 1. The maximum atomic E-state index is 11.7. The lowest BCUT2D eigenvalue weighted by Gasteiger charge is -2.33. The van der Waals surface area contributed by atoms with E-state index in [2.05, 4.69) is 38.1 Å². The molecule has 0 aliphatic carbocycles. The summed E-state index contributed by atoms with van der Waals surface area (Å²) in [5.74, 6) is -0.0415. The van der Waals surface area contributed by atoms with E-state index in [1.54, 1.807) is 0 Å². The number of likely N-dealkylation sites (N-methyl/N-ethyl adjacent to an activating group) is 1. The van der Waals surface area contributed by atoms with Crippen molar-refractivity contribution in [1.29, 1.82) is 0 Å². The van der Waals surface area contributed by atoms with Gasteiger partial charge in [-0.15, -0.1) is 0 Å². The fraction of sp³-hybridized carbons (Fsp3) is 0.611. The molecule has 1 aromatic carbocycles. The molecule has 22 heavy (non-hydrogen) atoms. The van der Waals surface area contributed by atoms with Crippen molar-refractivity contribution < 1.29 is 14.6 Å². The van der Waals surface area contributed by atoms with Gasteiger partial charge in [-0.3, -0.25) is 9.69 Å². The van der Waals surface area contributed by atoms with Crippen LogP contribution in [0.15, 0.2) is 24.3 Å². The van der Waals surface area contributed by atoms with Crippen LogP contribution in [0.4, 0.5) is 0 Å². The topological polar surface area (TPSA) is 49.8 Å². The Bertz CT molecular complexity index is 478. The number of hydrogen-bond donors (Lipinski definition) is 1. The summed E-state index contributed by atoms with van der Waals surface area (Å²) in [5.41, 5.74) is 2.47. The average molecular weight is 305 g/mol. The minimum absolute atomic E-state index is 0.172. The Morgan fingerprint density at radius 1 is 1.27 bits per heavy atom. The maximum absolute atomic E-state index is 11.7. The zero-order valence-corrected chi connectivity index (χ0v) is 13.8. The van der Waals surface area contributed by atoms with E-state index in [1.807, 2.05) is 11.9 Å². The number of carbonyl (C=O) groups is 1. The minimum atomic E-state index is -0.729. The number of carboxylic acid groups (broad SMARTS) is 1. The third-order valence-corrected chi connectivity index (χ3v) is 4.52. The fourth-order valence-electron chi connectivity index (χ4n) is 3.18. The summed E-state index contributed by atoms with van der Waals surface area (Å²) in [6.45, 7) is 6.35. The lowest BCUT2D eigenvalue weighted by Crippen LogP contribution is -2.45. The van der Waals surface area contributed by atoms with Crippen molar-refractivity contribution in [2.45, 2.75) is 45.2 Å². The van der Waals surface area contributed by atoms with E-state index in [-0.39, 0.29) is 5.92 Å². The molecule has 0 spiro atoms. The number of benzene rings is 1. The van der Waals surface area contributed by atoms with Gasteiger partial charge in [-0.2, -0.15) is 0 Å². The van der Waals surface area contributed by atoms with E-state index in [4.69, 9.17) is 4.74 Å². The van der Waals surface area contributed by atoms with Crippen molar-refractivity contribution in [1.82, 2.24) is 4.90 Å². The summed E-state index contributed by atoms with van der Waals surface area (Å²) in [4.78, 5) is 13.7. The van der Waals surface area contributed by atoms with Crippen molar-refractivity contribution in [2.24, 2.45) is 5.92 Å². The second-order valence-corrected chi connectivity index (χ2v) is 6.54. The maximum Gasteiger partial charge on any atom is 0.321 e. The van der Waals surface area contributed by atoms with Crippen LogP contribution in [0.3, 0.4) is 0 Å². The highest BCUT2D eigenvalue weighted by molar-refractivity contribution is 5.73. The predicted octanol–water partition coefficient (Wildman–Crippen LogP) is 3.12. The molecule has 1 N–H and O–H groups in total. The Labute approximate surface area is 133 Å². The minimum Gasteiger partial charge on any atom is -0.480 e. The van der Waals surface area contributed by atoms with Gasteiger partial charge >= 0.3 is 5.97 Å². The highest BCUT2D eigenvalue weighted by Crippen LogP contribution is 2.24. The van der Waals surface area contributed by atoms with Gasteiger partial charge in [0.25, 0.3) is 0 Å². The smallest absolute Gasteiger partial charge is 0.321 e. The molecule has 4 nitrogen and oxygen atoms in total. The molecule has 0 aromatic heterocycles. The van der Waals surface area contributed by atoms with Crippen molar-refractivity contribution in [3.05, 3.63) is 35.4 Å². The van der Waals surface area contributed by atoms with Gasteiger partial charge in [-0.05, 0) is 42.9 Å². The Kier molecular flexibility index (Phi) is 5.98. The van der Waals surface area contributed by atoms with Crippen molar-refractivity contribution in [2.75, 3.05) is 20.3 Å². The van der Waals surface area contributed by atoms with Crippen LogP contribution in [0.2, 0.25) is 0 Å². The molecular weight excluding hydrogens is 278 g/mol. The molecule has 1 aromatic rings. The molecule has 0 amide bonds. The molecule has 1 saturated heterocycles. The van der Waals surface area contributed by atoms with E-state index in [9.17, 15) is 9.90 Å². The fourth-order valence-corrected chi connectivity index (χ4v) is 3.18. The van der Waals surface area contributed by atoms with Crippen LogP contribution in [0.25, 0.3) is 0 Å². The van der Waals surface area contributed by atoms with E-state index in [0.717, 1.165) is 18.4 Å². The highest BCUT2D eigenvalue weighted by Gasteiger charge is 2.32. The van der Waals surface area contributed by atoms with Crippen molar-refractivity contribution in [3.8, 4) is 0 Å². The molecule has 1 unspecified atom stereocenters. The molecule has 1 aliphatic heterocycles. The molecule has 1 fully saturated rings. The molecule has 0 bridgehead atoms. The number of hydrogen-bond acceptors (Lipinski definition) is 3. The average Bonchev–Trinajstić information content (AvgIpc) is 2.48. The summed E-state index contributed by atoms with van der Waals surface area (Å²) in [7, 11) is 1.91. The quantitative estimate of drug-likeness (QED) is 0.877. The lowest BCUT2D eigenvalue weighted by atomic mass is 9.90. The van der Waals surface area contributed by atoms with Gasteiger partial charge in [0.2, 0.25) is 0 Å². The third-order valence-electron chi connectivity index (χ3n) is 4.52. The number of aliphatic carboxylic acids is 1. The SMILES string of the molecule is CC(C)c1ccc(CN(C)C(C(=O)O)C2CCOCC2)cc1. The van der Waals surface area contributed by atoms with Crippen LogP contribution in [0, 0.1) is 5.92 Å². The van der Waals surface area contributed by atoms with Gasteiger partial charge in [0.1, 0.15) is 6.04 Å². The van der Waals surface area contributed by atoms with E-state index in [1.165, 1.54) is 5.56 Å². The Morgan fingerprint density at radius 3 is 2.36 bits per heavy atom. The normalized spacial score (nSPS) is 17.9. The van der Waals surface area contributed by atoms with E-state index in [0.29, 0.717) is 25.7 Å². The molecule has 0 radical (unpaired) electrons. The third kappa shape index (κ3) is 4.31. The molecule has 4 heteroatoms. The number of carboxylic acids is 1. The van der Waals surface area contributed by atoms with Crippen LogP contribution in [-0.4, -0.2) is 42.3 Å². The molecule has 122 valence electrons. The van der Waals surface area contributed by atoms with Crippen molar-refractivity contribution >= 4 is 5.97 Å². The van der Waals surface area contributed by atoms with Crippen LogP contribution in [0.5, 0.6) is 0 Å². The summed E-state index contributed by atoms with van der Waals surface area (Å²) < 4.78 is 5.35. The summed E-state index contributed by atoms with van der Waals surface area (Å²) in [6.07, 6.45) is 1.65. The van der Waals surface area contributed by atoms with Gasteiger partial charge in [0.05, 0.1) is 0 Å². The monoisotopic (exact) mass is 305 g/mol. The molecule has 1 atom stereocenters.